The molecule has 0 atom stereocenters. The van der Waals surface area contributed by atoms with E-state index >= 15 is 0 Å². The number of carbonyl (C=O) groups is 2. The molecule has 0 fully saturated rings. The molecule has 0 unspecified atom stereocenters. The van der Waals surface area contributed by atoms with E-state index in [4.69, 9.17) is 0 Å². The van der Waals surface area contributed by atoms with Crippen LogP contribution in [0.25, 0.3) is 0 Å². The maximum absolute atomic E-state index is 12.3. The normalized spacial score (nSPS) is 10.3. The van der Waals surface area contributed by atoms with Gasteiger partial charge in [0.1, 0.15) is 5.56 Å². The standard InChI is InChI=1S/C17H13N5O4S2/c23-14(18-11-6-2-1-3-7-11)10-27-17-21-20-16(28-17)19-15(24)12-8-4-5-9-13(12)22(25)26/h1-9H,10H2,(H,18,23)(H,19,20,24). The Balaban J connectivity index is 1.56. The highest BCUT2D eigenvalue weighted by molar-refractivity contribution is 8.01. The van der Waals surface area contributed by atoms with E-state index in [1.165, 1.54) is 36.0 Å². The van der Waals surface area contributed by atoms with Crippen LogP contribution in [0.5, 0.6) is 0 Å². The highest BCUT2D eigenvalue weighted by Gasteiger charge is 2.20. The second-order valence-corrected chi connectivity index (χ2v) is 7.50. The fourth-order valence-corrected chi connectivity index (χ4v) is 3.70. The zero-order valence-corrected chi connectivity index (χ0v) is 15.8. The summed E-state index contributed by atoms with van der Waals surface area (Å²) in [4.78, 5) is 34.6. The monoisotopic (exact) mass is 415 g/mol. The van der Waals surface area contributed by atoms with E-state index in [1.807, 2.05) is 18.2 Å². The predicted molar refractivity (Wildman–Crippen MR) is 107 cm³/mol. The van der Waals surface area contributed by atoms with Crippen molar-refractivity contribution in [1.29, 1.82) is 0 Å². The number of para-hydroxylation sites is 2. The van der Waals surface area contributed by atoms with Crippen molar-refractivity contribution in [2.75, 3.05) is 16.4 Å². The van der Waals surface area contributed by atoms with Gasteiger partial charge in [0, 0.05) is 11.8 Å². The summed E-state index contributed by atoms with van der Waals surface area (Å²) in [5.41, 5.74) is 0.332. The highest BCUT2D eigenvalue weighted by atomic mass is 32.2. The lowest BCUT2D eigenvalue weighted by Gasteiger charge is -2.03. The van der Waals surface area contributed by atoms with Crippen LogP contribution in [0.15, 0.2) is 58.9 Å². The Morgan fingerprint density at radius 2 is 1.75 bits per heavy atom. The predicted octanol–water partition coefficient (Wildman–Crippen LogP) is 3.43. The lowest BCUT2D eigenvalue weighted by atomic mass is 10.1. The van der Waals surface area contributed by atoms with Crippen molar-refractivity contribution >= 4 is 51.4 Å². The molecule has 142 valence electrons. The van der Waals surface area contributed by atoms with Gasteiger partial charge < -0.3 is 5.32 Å². The van der Waals surface area contributed by atoms with Crippen LogP contribution >= 0.6 is 23.1 Å². The molecule has 0 aliphatic heterocycles. The van der Waals surface area contributed by atoms with Crippen molar-refractivity contribution in [2.45, 2.75) is 4.34 Å². The third-order valence-electron chi connectivity index (χ3n) is 3.36. The third kappa shape index (κ3) is 5.11. The first-order valence-corrected chi connectivity index (χ1v) is 9.69. The minimum Gasteiger partial charge on any atom is -0.325 e. The van der Waals surface area contributed by atoms with Gasteiger partial charge in [0.15, 0.2) is 4.34 Å². The van der Waals surface area contributed by atoms with E-state index in [1.54, 1.807) is 12.1 Å². The van der Waals surface area contributed by atoms with Crippen LogP contribution in [0.3, 0.4) is 0 Å². The van der Waals surface area contributed by atoms with Crippen LogP contribution in [-0.2, 0) is 4.79 Å². The average Bonchev–Trinajstić information content (AvgIpc) is 3.14. The van der Waals surface area contributed by atoms with Crippen LogP contribution in [0.2, 0.25) is 0 Å². The number of amides is 2. The van der Waals surface area contributed by atoms with Gasteiger partial charge in [0.05, 0.1) is 10.7 Å². The topological polar surface area (TPSA) is 127 Å². The van der Waals surface area contributed by atoms with Gasteiger partial charge in [-0.3, -0.25) is 25.0 Å². The Bertz CT molecular complexity index is 1010. The molecule has 1 heterocycles. The number of benzene rings is 2. The second kappa shape index (κ2) is 9.06. The Morgan fingerprint density at radius 3 is 2.50 bits per heavy atom. The molecule has 0 saturated carbocycles. The summed E-state index contributed by atoms with van der Waals surface area (Å²) < 4.78 is 0.487. The van der Waals surface area contributed by atoms with Crippen LogP contribution in [0, 0.1) is 10.1 Å². The van der Waals surface area contributed by atoms with Gasteiger partial charge in [-0.05, 0) is 18.2 Å². The molecule has 2 N–H and O–H groups in total. The second-order valence-electron chi connectivity index (χ2n) is 5.30. The molecular formula is C17H13N5O4S2. The molecule has 0 bridgehead atoms. The van der Waals surface area contributed by atoms with Crippen molar-refractivity contribution in [1.82, 2.24) is 10.2 Å². The van der Waals surface area contributed by atoms with E-state index < -0.39 is 10.8 Å². The minimum atomic E-state index is -0.651. The summed E-state index contributed by atoms with van der Waals surface area (Å²) in [6.07, 6.45) is 0. The van der Waals surface area contributed by atoms with E-state index in [-0.39, 0.29) is 28.0 Å². The SMILES string of the molecule is O=C(CSc1nnc(NC(=O)c2ccccc2[N+](=O)[O-])s1)Nc1ccccc1. The minimum absolute atomic E-state index is 0.0702. The zero-order chi connectivity index (χ0) is 19.9. The zero-order valence-electron chi connectivity index (χ0n) is 14.2. The van der Waals surface area contributed by atoms with E-state index in [0.717, 1.165) is 11.3 Å². The number of thioether (sulfide) groups is 1. The molecule has 0 radical (unpaired) electrons. The number of carbonyl (C=O) groups excluding carboxylic acids is 2. The number of nitro benzene ring substituents is 1. The summed E-state index contributed by atoms with van der Waals surface area (Å²) in [7, 11) is 0. The van der Waals surface area contributed by atoms with Gasteiger partial charge >= 0.3 is 0 Å². The van der Waals surface area contributed by atoms with E-state index in [2.05, 4.69) is 20.8 Å². The van der Waals surface area contributed by atoms with Gasteiger partial charge in [-0.15, -0.1) is 10.2 Å². The molecular weight excluding hydrogens is 402 g/mol. The highest BCUT2D eigenvalue weighted by Crippen LogP contribution is 2.27. The average molecular weight is 415 g/mol. The van der Waals surface area contributed by atoms with Crippen molar-refractivity contribution in [3.8, 4) is 0 Å². The molecule has 0 aliphatic carbocycles. The number of aromatic nitrogens is 2. The van der Waals surface area contributed by atoms with Gasteiger partial charge in [0.25, 0.3) is 11.6 Å². The molecule has 28 heavy (non-hydrogen) atoms. The summed E-state index contributed by atoms with van der Waals surface area (Å²) in [6.45, 7) is 0. The number of anilines is 2. The molecule has 0 spiro atoms. The first kappa shape index (κ1) is 19.5. The summed E-state index contributed by atoms with van der Waals surface area (Å²) in [5.74, 6) is -0.722. The van der Waals surface area contributed by atoms with Crippen molar-refractivity contribution in [3.63, 3.8) is 0 Å². The number of hydrogen-bond acceptors (Lipinski definition) is 8. The maximum Gasteiger partial charge on any atom is 0.282 e. The number of nitro groups is 1. The van der Waals surface area contributed by atoms with E-state index in [9.17, 15) is 19.7 Å². The van der Waals surface area contributed by atoms with Gasteiger partial charge in [-0.2, -0.15) is 0 Å². The quantitative estimate of drug-likeness (QED) is 0.262. The lowest BCUT2D eigenvalue weighted by molar-refractivity contribution is -0.385. The van der Waals surface area contributed by atoms with Gasteiger partial charge in [-0.1, -0.05) is 53.4 Å². The summed E-state index contributed by atoms with van der Waals surface area (Å²) >= 11 is 2.25. The summed E-state index contributed by atoms with van der Waals surface area (Å²) in [6, 6.07) is 14.7. The Labute approximate surface area is 167 Å². The first-order valence-electron chi connectivity index (χ1n) is 7.89. The Morgan fingerprint density at radius 1 is 1.04 bits per heavy atom. The number of hydrogen-bond donors (Lipinski definition) is 2. The van der Waals surface area contributed by atoms with Crippen molar-refractivity contribution in [3.05, 3.63) is 70.3 Å². The lowest BCUT2D eigenvalue weighted by Crippen LogP contribution is -2.13. The summed E-state index contributed by atoms with van der Waals surface area (Å²) in [5, 5.41) is 24.2. The van der Waals surface area contributed by atoms with Crippen LogP contribution < -0.4 is 10.6 Å². The third-order valence-corrected chi connectivity index (χ3v) is 5.33. The molecule has 1 aromatic heterocycles. The number of rotatable bonds is 7. The van der Waals surface area contributed by atoms with Crippen molar-refractivity contribution < 1.29 is 14.5 Å². The molecule has 3 aromatic rings. The Hall–Kier alpha value is -3.31. The maximum atomic E-state index is 12.3. The fraction of sp³-hybridized carbons (Fsp3) is 0.0588. The molecule has 2 amide bonds. The first-order chi connectivity index (χ1) is 13.5. The van der Waals surface area contributed by atoms with Crippen LogP contribution in [-0.4, -0.2) is 32.7 Å². The van der Waals surface area contributed by atoms with Gasteiger partial charge in [0.2, 0.25) is 11.0 Å². The smallest absolute Gasteiger partial charge is 0.282 e. The fourth-order valence-electron chi connectivity index (χ4n) is 2.15. The van der Waals surface area contributed by atoms with E-state index in [0.29, 0.717) is 10.0 Å². The largest absolute Gasteiger partial charge is 0.325 e. The molecule has 9 nitrogen and oxygen atoms in total. The number of nitrogens with zero attached hydrogens (tertiary/aromatic N) is 3. The molecule has 11 heteroatoms. The Kier molecular flexibility index (Phi) is 6.29. The molecule has 2 aromatic carbocycles. The molecule has 0 aliphatic rings. The van der Waals surface area contributed by atoms with Crippen LogP contribution in [0.4, 0.5) is 16.5 Å². The molecule has 0 saturated heterocycles. The van der Waals surface area contributed by atoms with Crippen molar-refractivity contribution in [2.24, 2.45) is 0 Å². The van der Waals surface area contributed by atoms with Gasteiger partial charge in [-0.25, -0.2) is 0 Å². The van der Waals surface area contributed by atoms with Crippen LogP contribution in [0.1, 0.15) is 10.4 Å². The number of nitrogens with one attached hydrogen (secondary N) is 2. The molecule has 3 rings (SSSR count).